The zero-order chi connectivity index (χ0) is 19.7. The van der Waals surface area contributed by atoms with Gasteiger partial charge >= 0.3 is 6.18 Å². The lowest BCUT2D eigenvalue weighted by Crippen LogP contribution is -2.04. The second-order valence-electron chi connectivity index (χ2n) is 6.06. The van der Waals surface area contributed by atoms with E-state index in [2.05, 4.69) is 20.3 Å². The Morgan fingerprint density at radius 3 is 2.36 bits per heavy atom. The first-order chi connectivity index (χ1) is 13.4. The summed E-state index contributed by atoms with van der Waals surface area (Å²) in [5.41, 5.74) is 1.01. The number of nitrogens with zero attached hydrogens (tertiary/aromatic N) is 3. The first kappa shape index (κ1) is 17.7. The molecule has 0 amide bonds. The van der Waals surface area contributed by atoms with Crippen molar-refractivity contribution >= 4 is 22.5 Å². The van der Waals surface area contributed by atoms with E-state index in [0.717, 1.165) is 17.5 Å². The molecule has 2 aromatic heterocycles. The zero-order valence-electron chi connectivity index (χ0n) is 14.3. The van der Waals surface area contributed by atoms with Crippen molar-refractivity contribution in [3.05, 3.63) is 72.6 Å². The topological polar surface area (TPSA) is 70.9 Å². The lowest BCUT2D eigenvalue weighted by Gasteiger charge is -2.09. The maximum absolute atomic E-state index is 12.7. The highest BCUT2D eigenvalue weighted by atomic mass is 19.4. The molecule has 0 saturated heterocycles. The Morgan fingerprint density at radius 2 is 1.61 bits per heavy atom. The highest BCUT2D eigenvalue weighted by Crippen LogP contribution is 2.31. The second-order valence-corrected chi connectivity index (χ2v) is 6.06. The summed E-state index contributed by atoms with van der Waals surface area (Å²) in [7, 11) is 0. The van der Waals surface area contributed by atoms with Crippen molar-refractivity contribution in [3.8, 4) is 17.0 Å². The van der Waals surface area contributed by atoms with Crippen LogP contribution in [-0.2, 0) is 6.18 Å². The van der Waals surface area contributed by atoms with Crippen molar-refractivity contribution < 1.29 is 18.3 Å². The van der Waals surface area contributed by atoms with Gasteiger partial charge in [0.2, 0.25) is 0 Å². The molecule has 0 unspecified atom stereocenters. The SMILES string of the molecule is Oc1ccc2nc(Nc3cc(-c4ccc(C(F)(F)F)cc4)ncn3)ccc2c1. The van der Waals surface area contributed by atoms with Gasteiger partial charge in [-0.05, 0) is 42.5 Å². The number of hydrogen-bond acceptors (Lipinski definition) is 5. The van der Waals surface area contributed by atoms with Crippen LogP contribution in [0.4, 0.5) is 24.8 Å². The summed E-state index contributed by atoms with van der Waals surface area (Å²) >= 11 is 0. The van der Waals surface area contributed by atoms with E-state index < -0.39 is 11.7 Å². The minimum absolute atomic E-state index is 0.159. The second kappa shape index (κ2) is 6.80. The minimum Gasteiger partial charge on any atom is -0.508 e. The zero-order valence-corrected chi connectivity index (χ0v) is 14.3. The number of hydrogen-bond donors (Lipinski definition) is 2. The monoisotopic (exact) mass is 382 g/mol. The number of anilines is 2. The molecular formula is C20H13F3N4O. The average molecular weight is 382 g/mol. The Hall–Kier alpha value is -3.68. The van der Waals surface area contributed by atoms with Gasteiger partial charge in [-0.2, -0.15) is 13.2 Å². The smallest absolute Gasteiger partial charge is 0.416 e. The van der Waals surface area contributed by atoms with Gasteiger partial charge in [-0.1, -0.05) is 12.1 Å². The molecule has 2 heterocycles. The molecule has 0 radical (unpaired) electrons. The Labute approximate surface area is 157 Å². The van der Waals surface area contributed by atoms with Crippen LogP contribution in [0.5, 0.6) is 5.75 Å². The van der Waals surface area contributed by atoms with Crippen LogP contribution < -0.4 is 5.32 Å². The largest absolute Gasteiger partial charge is 0.508 e. The van der Waals surface area contributed by atoms with E-state index in [4.69, 9.17) is 0 Å². The molecule has 4 rings (SSSR count). The Kier molecular flexibility index (Phi) is 4.31. The first-order valence-corrected chi connectivity index (χ1v) is 8.25. The van der Waals surface area contributed by atoms with E-state index in [0.29, 0.717) is 28.4 Å². The summed E-state index contributed by atoms with van der Waals surface area (Å²) in [5.74, 6) is 1.15. The molecule has 0 spiro atoms. The van der Waals surface area contributed by atoms with Crippen molar-refractivity contribution in [1.29, 1.82) is 0 Å². The molecular weight excluding hydrogens is 369 g/mol. The van der Waals surface area contributed by atoms with Crippen LogP contribution in [0, 0.1) is 0 Å². The lowest BCUT2D eigenvalue weighted by atomic mass is 10.1. The van der Waals surface area contributed by atoms with Crippen molar-refractivity contribution in [2.24, 2.45) is 0 Å². The maximum atomic E-state index is 12.7. The molecule has 2 N–H and O–H groups in total. The van der Waals surface area contributed by atoms with Gasteiger partial charge in [-0.25, -0.2) is 15.0 Å². The van der Waals surface area contributed by atoms with Gasteiger partial charge in [-0.3, -0.25) is 0 Å². The standard InChI is InChI=1S/C20H13F3N4O/c21-20(22,23)14-4-1-12(2-5-14)17-10-19(25-11-24-17)27-18-8-3-13-9-15(28)6-7-16(13)26-18/h1-11,28H,(H,24,25,26,27). The van der Waals surface area contributed by atoms with Crippen molar-refractivity contribution in [2.75, 3.05) is 5.32 Å². The normalized spacial score (nSPS) is 11.5. The predicted molar refractivity (Wildman–Crippen MR) is 99.2 cm³/mol. The number of halogens is 3. The molecule has 0 aliphatic carbocycles. The van der Waals surface area contributed by atoms with Crippen LogP contribution in [-0.4, -0.2) is 20.1 Å². The number of nitrogens with one attached hydrogen (secondary N) is 1. The van der Waals surface area contributed by atoms with Crippen molar-refractivity contribution in [3.63, 3.8) is 0 Å². The summed E-state index contributed by atoms with van der Waals surface area (Å²) < 4.78 is 38.1. The number of aromatic nitrogens is 3. The summed E-state index contributed by atoms with van der Waals surface area (Å²) in [6, 6.07) is 14.8. The summed E-state index contributed by atoms with van der Waals surface area (Å²) in [6.07, 6.45) is -3.05. The molecule has 0 bridgehead atoms. The molecule has 4 aromatic rings. The maximum Gasteiger partial charge on any atom is 0.416 e. The molecule has 5 nitrogen and oxygen atoms in total. The number of rotatable bonds is 3. The summed E-state index contributed by atoms with van der Waals surface area (Å²) in [6.45, 7) is 0. The number of pyridine rings is 1. The number of fused-ring (bicyclic) bond motifs is 1. The van der Waals surface area contributed by atoms with Crippen LogP contribution in [0.3, 0.4) is 0 Å². The molecule has 28 heavy (non-hydrogen) atoms. The lowest BCUT2D eigenvalue weighted by molar-refractivity contribution is -0.137. The first-order valence-electron chi connectivity index (χ1n) is 8.25. The average Bonchev–Trinajstić information content (AvgIpc) is 2.68. The van der Waals surface area contributed by atoms with Crippen LogP contribution in [0.2, 0.25) is 0 Å². The fourth-order valence-electron chi connectivity index (χ4n) is 2.73. The van der Waals surface area contributed by atoms with Crippen LogP contribution in [0.25, 0.3) is 22.2 Å². The van der Waals surface area contributed by atoms with E-state index in [1.807, 2.05) is 6.07 Å². The van der Waals surface area contributed by atoms with Gasteiger partial charge < -0.3 is 10.4 Å². The third-order valence-electron chi connectivity index (χ3n) is 4.10. The highest BCUT2D eigenvalue weighted by molar-refractivity contribution is 5.82. The predicted octanol–water partition coefficient (Wildman–Crippen LogP) is 5.16. The van der Waals surface area contributed by atoms with Gasteiger partial charge in [0.25, 0.3) is 0 Å². The molecule has 0 fully saturated rings. The minimum atomic E-state index is -4.38. The number of aromatic hydroxyl groups is 1. The Bertz CT molecular complexity index is 1140. The fourth-order valence-corrected chi connectivity index (χ4v) is 2.73. The quantitative estimate of drug-likeness (QED) is 0.512. The van der Waals surface area contributed by atoms with Crippen LogP contribution in [0.15, 0.2) is 67.0 Å². The van der Waals surface area contributed by atoms with Gasteiger partial charge in [0.1, 0.15) is 23.7 Å². The van der Waals surface area contributed by atoms with Crippen molar-refractivity contribution in [2.45, 2.75) is 6.18 Å². The molecule has 140 valence electrons. The number of phenols is 1. The van der Waals surface area contributed by atoms with E-state index in [9.17, 15) is 18.3 Å². The molecule has 8 heteroatoms. The summed E-state index contributed by atoms with van der Waals surface area (Å²) in [5, 5.41) is 13.4. The molecule has 2 aromatic carbocycles. The van der Waals surface area contributed by atoms with Crippen LogP contribution >= 0.6 is 0 Å². The third kappa shape index (κ3) is 3.71. The van der Waals surface area contributed by atoms with Gasteiger partial charge in [0.15, 0.2) is 0 Å². The molecule has 0 aliphatic heterocycles. The molecule has 0 atom stereocenters. The highest BCUT2D eigenvalue weighted by Gasteiger charge is 2.30. The Morgan fingerprint density at radius 1 is 0.821 bits per heavy atom. The number of benzene rings is 2. The van der Waals surface area contributed by atoms with E-state index in [-0.39, 0.29) is 5.75 Å². The van der Waals surface area contributed by atoms with E-state index in [1.165, 1.54) is 18.5 Å². The number of alkyl halides is 3. The van der Waals surface area contributed by atoms with E-state index in [1.54, 1.807) is 30.3 Å². The molecule has 0 saturated carbocycles. The van der Waals surface area contributed by atoms with Crippen LogP contribution in [0.1, 0.15) is 5.56 Å². The third-order valence-corrected chi connectivity index (χ3v) is 4.10. The summed E-state index contributed by atoms with van der Waals surface area (Å²) in [4.78, 5) is 12.7. The van der Waals surface area contributed by atoms with Gasteiger partial charge in [0, 0.05) is 17.0 Å². The van der Waals surface area contributed by atoms with Gasteiger partial charge in [-0.15, -0.1) is 0 Å². The molecule has 0 aliphatic rings. The fraction of sp³-hybridized carbons (Fsp3) is 0.0500. The van der Waals surface area contributed by atoms with E-state index >= 15 is 0 Å². The number of phenolic OH excluding ortho intramolecular Hbond substituents is 1. The Balaban J connectivity index is 1.59. The van der Waals surface area contributed by atoms with Gasteiger partial charge in [0.05, 0.1) is 16.8 Å². The van der Waals surface area contributed by atoms with Crippen molar-refractivity contribution in [1.82, 2.24) is 15.0 Å².